The molecule has 2 aromatic carbocycles. The van der Waals surface area contributed by atoms with Crippen LogP contribution in [0.5, 0.6) is 5.75 Å². The second-order valence-electron chi connectivity index (χ2n) is 5.78. The fourth-order valence-electron chi connectivity index (χ4n) is 2.38. The third-order valence-corrected chi connectivity index (χ3v) is 5.18. The number of nitrogens with one attached hydrogen (secondary N) is 2. The molecule has 0 atom stereocenters. The number of carbonyl (C=O) groups is 1. The number of carbonyl (C=O) groups excluding carboxylic acids is 1. The summed E-state index contributed by atoms with van der Waals surface area (Å²) in [5.41, 5.74) is -0.511. The van der Waals surface area contributed by atoms with Gasteiger partial charge in [0.05, 0.1) is 34.9 Å². The number of nitrogens with zero attached hydrogens (tertiary/aromatic N) is 2. The van der Waals surface area contributed by atoms with Gasteiger partial charge >= 0.3 is 11.7 Å². The average molecular weight is 446 g/mol. The number of sulfonamides is 1. The van der Waals surface area contributed by atoms with Gasteiger partial charge in [0.25, 0.3) is 10.0 Å². The second-order valence-corrected chi connectivity index (χ2v) is 7.46. The lowest BCUT2D eigenvalue weighted by molar-refractivity contribution is -0.386. The molecule has 0 unspecified atom stereocenters. The van der Waals surface area contributed by atoms with Crippen LogP contribution in [0.3, 0.4) is 0 Å². The van der Waals surface area contributed by atoms with Crippen LogP contribution in [0.2, 0.25) is 0 Å². The van der Waals surface area contributed by atoms with Crippen molar-refractivity contribution >= 4 is 33.1 Å². The van der Waals surface area contributed by atoms with Gasteiger partial charge in [0.1, 0.15) is 6.07 Å². The highest BCUT2D eigenvalue weighted by Gasteiger charge is 2.23. The Morgan fingerprint density at radius 2 is 1.94 bits per heavy atom. The van der Waals surface area contributed by atoms with Gasteiger partial charge < -0.3 is 14.8 Å². The molecule has 2 aromatic rings. The minimum Gasteiger partial charge on any atom is -0.490 e. The van der Waals surface area contributed by atoms with Crippen molar-refractivity contribution in [2.75, 3.05) is 23.8 Å². The second kappa shape index (κ2) is 10.1. The molecule has 0 fully saturated rings. The Hall–Kier alpha value is -4.11. The molecule has 162 valence electrons. The van der Waals surface area contributed by atoms with E-state index in [1.807, 2.05) is 0 Å². The normalized spacial score (nSPS) is 11.2. The first kappa shape index (κ1) is 23.2. The molecule has 0 saturated heterocycles. The van der Waals surface area contributed by atoms with E-state index < -0.39 is 26.6 Å². The molecule has 0 aromatic heterocycles. The summed E-state index contributed by atoms with van der Waals surface area (Å²) < 4.78 is 37.5. The summed E-state index contributed by atoms with van der Waals surface area (Å²) in [5.74, 6) is -0.916. The maximum absolute atomic E-state index is 12.8. The number of anilines is 2. The summed E-state index contributed by atoms with van der Waals surface area (Å²) >= 11 is 0. The van der Waals surface area contributed by atoms with Gasteiger partial charge in [-0.1, -0.05) is 12.1 Å². The molecule has 0 amide bonds. The first-order valence-electron chi connectivity index (χ1n) is 8.71. The Kier molecular flexibility index (Phi) is 7.53. The third-order valence-electron chi connectivity index (χ3n) is 3.82. The molecule has 0 aliphatic heterocycles. The van der Waals surface area contributed by atoms with Crippen molar-refractivity contribution in [3.8, 4) is 11.8 Å². The minimum absolute atomic E-state index is 0.0818. The zero-order chi connectivity index (χ0) is 23.0. The van der Waals surface area contributed by atoms with Crippen LogP contribution < -0.4 is 14.8 Å². The number of methoxy groups -OCH3 is 1. The Balaban J connectivity index is 2.36. The van der Waals surface area contributed by atoms with E-state index in [1.165, 1.54) is 31.4 Å². The first-order valence-corrected chi connectivity index (χ1v) is 10.2. The molecule has 31 heavy (non-hydrogen) atoms. The van der Waals surface area contributed by atoms with Gasteiger partial charge in [0, 0.05) is 12.3 Å². The van der Waals surface area contributed by atoms with Crippen molar-refractivity contribution in [3.63, 3.8) is 0 Å². The highest BCUT2D eigenvalue weighted by atomic mass is 32.2. The summed E-state index contributed by atoms with van der Waals surface area (Å²) in [4.78, 5) is 21.8. The van der Waals surface area contributed by atoms with Gasteiger partial charge in [-0.2, -0.15) is 5.26 Å². The van der Waals surface area contributed by atoms with E-state index in [0.29, 0.717) is 0 Å². The number of benzene rings is 2. The lowest BCUT2D eigenvalue weighted by Crippen LogP contribution is -2.14. The summed E-state index contributed by atoms with van der Waals surface area (Å²) in [6, 6.07) is 11.0. The predicted molar refractivity (Wildman–Crippen MR) is 111 cm³/mol. The molecule has 0 spiro atoms. The molecule has 2 rings (SSSR count). The third kappa shape index (κ3) is 5.71. The van der Waals surface area contributed by atoms with Gasteiger partial charge in [-0.25, -0.2) is 13.2 Å². The Morgan fingerprint density at radius 3 is 2.52 bits per heavy atom. The van der Waals surface area contributed by atoms with E-state index in [-0.39, 0.29) is 34.2 Å². The van der Waals surface area contributed by atoms with E-state index in [0.717, 1.165) is 12.3 Å². The Labute approximate surface area is 178 Å². The van der Waals surface area contributed by atoms with Gasteiger partial charge in [0.2, 0.25) is 0 Å². The van der Waals surface area contributed by atoms with Crippen molar-refractivity contribution < 1.29 is 27.6 Å². The number of rotatable bonds is 9. The largest absolute Gasteiger partial charge is 0.490 e. The number of esters is 1. The summed E-state index contributed by atoms with van der Waals surface area (Å²) in [6.07, 6.45) is 1.09. The number of nitriles is 1. The molecule has 12 heteroatoms. The van der Waals surface area contributed by atoms with E-state index in [9.17, 15) is 23.3 Å². The van der Waals surface area contributed by atoms with Crippen LogP contribution in [-0.4, -0.2) is 33.0 Å². The SMILES string of the molecule is CCOC(=O)/C(C#N)=C/Nc1ccccc1NS(=O)(=O)c1ccc(OC)c([N+](=O)[O-])c1. The highest BCUT2D eigenvalue weighted by molar-refractivity contribution is 7.92. The molecule has 0 aliphatic rings. The molecular weight excluding hydrogens is 428 g/mol. The lowest BCUT2D eigenvalue weighted by Gasteiger charge is -2.13. The van der Waals surface area contributed by atoms with Crippen LogP contribution in [0.25, 0.3) is 0 Å². The van der Waals surface area contributed by atoms with Gasteiger partial charge in [-0.15, -0.1) is 0 Å². The minimum atomic E-state index is -4.21. The molecule has 0 aliphatic carbocycles. The maximum Gasteiger partial charge on any atom is 0.350 e. The fraction of sp³-hybridized carbons (Fsp3) is 0.158. The van der Waals surface area contributed by atoms with E-state index in [4.69, 9.17) is 14.7 Å². The lowest BCUT2D eigenvalue weighted by atomic mass is 10.2. The molecular formula is C19H18N4O7S. The summed E-state index contributed by atoms with van der Waals surface area (Å²) in [6.45, 7) is 1.68. The molecule has 0 saturated carbocycles. The van der Waals surface area contributed by atoms with Crippen molar-refractivity contribution in [1.29, 1.82) is 5.26 Å². The molecule has 0 heterocycles. The fourth-order valence-corrected chi connectivity index (χ4v) is 3.48. The van der Waals surface area contributed by atoms with Gasteiger partial charge in [-0.3, -0.25) is 14.8 Å². The van der Waals surface area contributed by atoms with Crippen LogP contribution in [0.4, 0.5) is 17.1 Å². The summed E-state index contributed by atoms with van der Waals surface area (Å²) in [7, 11) is -2.98. The van der Waals surface area contributed by atoms with Crippen LogP contribution in [-0.2, 0) is 19.6 Å². The van der Waals surface area contributed by atoms with Crippen molar-refractivity contribution in [3.05, 3.63) is 64.4 Å². The van der Waals surface area contributed by atoms with Crippen LogP contribution in [0.15, 0.2) is 59.1 Å². The van der Waals surface area contributed by atoms with E-state index in [1.54, 1.807) is 25.1 Å². The molecule has 2 N–H and O–H groups in total. The van der Waals surface area contributed by atoms with Crippen molar-refractivity contribution in [2.45, 2.75) is 11.8 Å². The average Bonchev–Trinajstić information content (AvgIpc) is 2.74. The van der Waals surface area contributed by atoms with Gasteiger partial charge in [0.15, 0.2) is 11.3 Å². The van der Waals surface area contributed by atoms with E-state index >= 15 is 0 Å². The predicted octanol–water partition coefficient (Wildman–Crippen LogP) is 2.79. The van der Waals surface area contributed by atoms with Crippen molar-refractivity contribution in [2.24, 2.45) is 0 Å². The highest BCUT2D eigenvalue weighted by Crippen LogP contribution is 2.31. The zero-order valence-corrected chi connectivity index (χ0v) is 17.3. The Morgan fingerprint density at radius 1 is 1.26 bits per heavy atom. The number of para-hydroxylation sites is 2. The molecule has 11 nitrogen and oxygen atoms in total. The van der Waals surface area contributed by atoms with Gasteiger partial charge in [-0.05, 0) is 31.2 Å². The quantitative estimate of drug-likeness (QED) is 0.194. The standard InChI is InChI=1S/C19H18N4O7S/c1-3-30-19(24)13(11-20)12-21-15-6-4-5-7-16(15)22-31(27,28)14-8-9-18(29-2)17(10-14)23(25)26/h4-10,12,21-22H,3H2,1-2H3/b13-12+. The summed E-state index contributed by atoms with van der Waals surface area (Å²) in [5, 5.41) is 22.9. The monoisotopic (exact) mass is 446 g/mol. The van der Waals surface area contributed by atoms with Crippen molar-refractivity contribution in [1.82, 2.24) is 0 Å². The molecule has 0 bridgehead atoms. The number of ether oxygens (including phenoxy) is 2. The number of nitro groups is 1. The van der Waals surface area contributed by atoms with Crippen LogP contribution in [0, 0.1) is 21.4 Å². The number of nitro benzene ring substituents is 1. The maximum atomic E-state index is 12.8. The van der Waals surface area contributed by atoms with Crippen LogP contribution in [0.1, 0.15) is 6.92 Å². The smallest absolute Gasteiger partial charge is 0.350 e. The van der Waals surface area contributed by atoms with E-state index in [2.05, 4.69) is 10.0 Å². The topological polar surface area (TPSA) is 161 Å². The molecule has 0 radical (unpaired) electrons. The number of hydrogen-bond acceptors (Lipinski definition) is 9. The van der Waals surface area contributed by atoms with Crippen LogP contribution >= 0.6 is 0 Å². The zero-order valence-electron chi connectivity index (χ0n) is 16.5. The number of hydrogen-bond donors (Lipinski definition) is 2. The Bertz CT molecular complexity index is 1170. The first-order chi connectivity index (χ1) is 14.7.